The zero-order valence-electron chi connectivity index (χ0n) is 21.5. The van der Waals surface area contributed by atoms with Crippen molar-refractivity contribution in [3.05, 3.63) is 117 Å². The fraction of sp³-hybridized carbons (Fsp3) is 0.194. The second-order valence-electron chi connectivity index (χ2n) is 9.62. The molecule has 0 bridgehead atoms. The molecule has 1 unspecified atom stereocenters. The molecule has 38 heavy (non-hydrogen) atoms. The largest absolute Gasteiger partial charge is 0.350 e. The number of nitrogens with zero attached hydrogens (tertiary/aromatic N) is 3. The number of amides is 1. The molecule has 1 aromatic heterocycles. The van der Waals surface area contributed by atoms with Gasteiger partial charge in [0.1, 0.15) is 17.7 Å². The van der Waals surface area contributed by atoms with Gasteiger partial charge in [-0.05, 0) is 66.1 Å². The van der Waals surface area contributed by atoms with Gasteiger partial charge in [0.15, 0.2) is 0 Å². The van der Waals surface area contributed by atoms with Crippen LogP contribution in [0.1, 0.15) is 48.0 Å². The monoisotopic (exact) mass is 542 g/mol. The predicted molar refractivity (Wildman–Crippen MR) is 156 cm³/mol. The van der Waals surface area contributed by atoms with E-state index in [4.69, 9.17) is 33.2 Å². The van der Waals surface area contributed by atoms with Crippen molar-refractivity contribution in [2.24, 2.45) is 0 Å². The highest BCUT2D eigenvalue weighted by atomic mass is 35.5. The first-order valence-corrected chi connectivity index (χ1v) is 13.3. The first kappa shape index (κ1) is 26.0. The molecule has 4 aromatic rings. The lowest BCUT2D eigenvalue weighted by atomic mass is 9.98. The topological polar surface area (TPSA) is 58.1 Å². The number of hydrogen-bond acceptors (Lipinski definition) is 4. The van der Waals surface area contributed by atoms with Crippen LogP contribution in [0.3, 0.4) is 0 Å². The van der Waals surface area contributed by atoms with Crippen LogP contribution in [0.5, 0.6) is 0 Å². The van der Waals surface area contributed by atoms with E-state index in [1.165, 1.54) is 0 Å². The lowest BCUT2D eigenvalue weighted by Crippen LogP contribution is -2.42. The van der Waals surface area contributed by atoms with Crippen molar-refractivity contribution in [1.82, 2.24) is 15.3 Å². The van der Waals surface area contributed by atoms with Crippen LogP contribution in [0.25, 0.3) is 11.6 Å². The van der Waals surface area contributed by atoms with Crippen LogP contribution in [-0.4, -0.2) is 21.9 Å². The van der Waals surface area contributed by atoms with Gasteiger partial charge in [-0.25, -0.2) is 9.97 Å². The van der Waals surface area contributed by atoms with Crippen LogP contribution in [0.4, 0.5) is 11.5 Å². The lowest BCUT2D eigenvalue weighted by Gasteiger charge is -2.27. The van der Waals surface area contributed by atoms with Crippen LogP contribution < -0.4 is 10.2 Å². The minimum absolute atomic E-state index is 0.130. The SMILES string of the molecule is Cc1nc(C(C)C)nc2c1/C(=C/c1ccccc1)C(C(=O)NCc1ccc(Cl)cc1)N2c1ccc(Cl)cc1. The Balaban J connectivity index is 1.66. The molecule has 0 radical (unpaired) electrons. The Morgan fingerprint density at radius 3 is 2.21 bits per heavy atom. The number of benzene rings is 3. The van der Waals surface area contributed by atoms with Crippen molar-refractivity contribution in [3.63, 3.8) is 0 Å². The number of carbonyl (C=O) groups is 1. The Hall–Kier alpha value is -3.67. The summed E-state index contributed by atoms with van der Waals surface area (Å²) in [6, 6.07) is 24.3. The zero-order chi connectivity index (χ0) is 26.8. The van der Waals surface area contributed by atoms with Crippen LogP contribution in [0.2, 0.25) is 10.0 Å². The number of rotatable bonds is 6. The molecular formula is C31H28Cl2N4O. The van der Waals surface area contributed by atoms with Crippen LogP contribution >= 0.6 is 23.2 Å². The lowest BCUT2D eigenvalue weighted by molar-refractivity contribution is -0.121. The van der Waals surface area contributed by atoms with Gasteiger partial charge in [-0.15, -0.1) is 0 Å². The minimum atomic E-state index is -0.658. The molecule has 1 N–H and O–H groups in total. The highest BCUT2D eigenvalue weighted by molar-refractivity contribution is 6.30. The van der Waals surface area contributed by atoms with E-state index in [-0.39, 0.29) is 11.8 Å². The number of aryl methyl sites for hydroxylation is 1. The standard InChI is InChI=1S/C31H28Cl2N4O/c1-19(2)29-35-20(3)27-26(17-21-7-5-4-6-8-21)28(31(38)34-18-22-9-11-23(32)12-10-22)37(30(27)36-29)25-15-13-24(33)14-16-25/h4-17,19,28H,18H2,1-3H3,(H,34,38)/b26-17-. The minimum Gasteiger partial charge on any atom is -0.350 e. The fourth-order valence-electron chi connectivity index (χ4n) is 4.65. The van der Waals surface area contributed by atoms with Crippen LogP contribution in [-0.2, 0) is 11.3 Å². The Morgan fingerprint density at radius 2 is 1.58 bits per heavy atom. The summed E-state index contributed by atoms with van der Waals surface area (Å²) in [7, 11) is 0. The molecule has 5 nitrogen and oxygen atoms in total. The second-order valence-corrected chi connectivity index (χ2v) is 10.5. The molecule has 5 rings (SSSR count). The third-order valence-electron chi connectivity index (χ3n) is 6.53. The summed E-state index contributed by atoms with van der Waals surface area (Å²) in [6.07, 6.45) is 2.06. The number of fused-ring (bicyclic) bond motifs is 1. The third kappa shape index (κ3) is 5.31. The van der Waals surface area contributed by atoms with E-state index in [0.717, 1.165) is 45.3 Å². The Labute approximate surface area is 233 Å². The van der Waals surface area contributed by atoms with E-state index in [2.05, 4.69) is 25.2 Å². The van der Waals surface area contributed by atoms with Gasteiger partial charge in [0.05, 0.1) is 5.69 Å². The summed E-state index contributed by atoms with van der Waals surface area (Å²) >= 11 is 12.3. The summed E-state index contributed by atoms with van der Waals surface area (Å²) in [4.78, 5) is 25.9. The van der Waals surface area contributed by atoms with Gasteiger partial charge in [0.2, 0.25) is 5.91 Å². The molecule has 2 heterocycles. The maximum atomic E-state index is 14.0. The molecule has 0 saturated heterocycles. The molecule has 192 valence electrons. The Morgan fingerprint density at radius 1 is 0.947 bits per heavy atom. The van der Waals surface area contributed by atoms with Gasteiger partial charge in [0, 0.05) is 33.8 Å². The molecular weight excluding hydrogens is 515 g/mol. The van der Waals surface area contributed by atoms with E-state index < -0.39 is 6.04 Å². The molecule has 7 heteroatoms. The normalized spacial score (nSPS) is 15.7. The summed E-state index contributed by atoms with van der Waals surface area (Å²) in [6.45, 7) is 6.50. The number of carbonyl (C=O) groups excluding carboxylic acids is 1. The van der Waals surface area contributed by atoms with E-state index in [0.29, 0.717) is 16.6 Å². The first-order chi connectivity index (χ1) is 18.3. The van der Waals surface area contributed by atoms with Gasteiger partial charge in [-0.2, -0.15) is 0 Å². The number of halogens is 2. The van der Waals surface area contributed by atoms with Gasteiger partial charge in [-0.1, -0.05) is 79.5 Å². The highest BCUT2D eigenvalue weighted by Crippen LogP contribution is 2.46. The van der Waals surface area contributed by atoms with Gasteiger partial charge in [0.25, 0.3) is 0 Å². The van der Waals surface area contributed by atoms with Crippen molar-refractivity contribution in [2.45, 2.75) is 39.3 Å². The fourth-order valence-corrected chi connectivity index (χ4v) is 4.90. The number of hydrogen-bond donors (Lipinski definition) is 1. The zero-order valence-corrected chi connectivity index (χ0v) is 23.0. The highest BCUT2D eigenvalue weighted by Gasteiger charge is 2.42. The summed E-state index contributed by atoms with van der Waals surface area (Å²) in [5.74, 6) is 1.45. The van der Waals surface area contributed by atoms with Gasteiger partial charge in [-0.3, -0.25) is 4.79 Å². The van der Waals surface area contributed by atoms with Crippen LogP contribution in [0.15, 0.2) is 78.9 Å². The van der Waals surface area contributed by atoms with Gasteiger partial charge < -0.3 is 10.2 Å². The maximum Gasteiger partial charge on any atom is 0.248 e. The molecule has 0 saturated carbocycles. The average Bonchev–Trinajstić information content (AvgIpc) is 3.23. The van der Waals surface area contributed by atoms with Crippen molar-refractivity contribution >= 4 is 52.3 Å². The van der Waals surface area contributed by atoms with Crippen molar-refractivity contribution < 1.29 is 4.79 Å². The smallest absolute Gasteiger partial charge is 0.248 e. The predicted octanol–water partition coefficient (Wildman–Crippen LogP) is 7.59. The van der Waals surface area contributed by atoms with Crippen molar-refractivity contribution in [3.8, 4) is 0 Å². The molecule has 0 spiro atoms. The molecule has 1 aliphatic heterocycles. The van der Waals surface area contributed by atoms with E-state index in [9.17, 15) is 4.79 Å². The molecule has 3 aromatic carbocycles. The summed E-state index contributed by atoms with van der Waals surface area (Å²) in [5.41, 5.74) is 5.35. The molecule has 1 atom stereocenters. The third-order valence-corrected chi connectivity index (χ3v) is 7.03. The second kappa shape index (κ2) is 11.0. The Bertz CT molecular complexity index is 1480. The number of aromatic nitrogens is 2. The number of nitrogens with one attached hydrogen (secondary N) is 1. The van der Waals surface area contributed by atoms with Crippen molar-refractivity contribution in [1.29, 1.82) is 0 Å². The van der Waals surface area contributed by atoms with E-state index >= 15 is 0 Å². The van der Waals surface area contributed by atoms with E-state index in [1.54, 1.807) is 0 Å². The summed E-state index contributed by atoms with van der Waals surface area (Å²) < 4.78 is 0. The average molecular weight is 543 g/mol. The number of anilines is 2. The molecule has 1 amide bonds. The van der Waals surface area contributed by atoms with Crippen LogP contribution in [0, 0.1) is 6.92 Å². The molecule has 0 fully saturated rings. The van der Waals surface area contributed by atoms with Gasteiger partial charge >= 0.3 is 0 Å². The quantitative estimate of drug-likeness (QED) is 0.272. The molecule has 0 aliphatic carbocycles. The van der Waals surface area contributed by atoms with E-state index in [1.807, 2.05) is 90.7 Å². The first-order valence-electron chi connectivity index (χ1n) is 12.5. The van der Waals surface area contributed by atoms with Crippen molar-refractivity contribution in [2.75, 3.05) is 4.90 Å². The maximum absolute atomic E-state index is 14.0. The molecule has 1 aliphatic rings. The Kier molecular flexibility index (Phi) is 7.50. The summed E-state index contributed by atoms with van der Waals surface area (Å²) in [5, 5.41) is 4.42.